The number of hydrogen-bond acceptors (Lipinski definition) is 2. The molecule has 0 saturated heterocycles. The minimum Gasteiger partial charge on any atom is -0.274 e. The molecule has 19 heavy (non-hydrogen) atoms. The van der Waals surface area contributed by atoms with Crippen LogP contribution in [-0.2, 0) is 9.59 Å². The van der Waals surface area contributed by atoms with E-state index in [2.05, 4.69) is 13.2 Å². The molecule has 0 heterocycles. The second kappa shape index (κ2) is 6.14. The molecule has 0 aliphatic rings. The van der Waals surface area contributed by atoms with Crippen molar-refractivity contribution in [2.45, 2.75) is 20.8 Å². The van der Waals surface area contributed by atoms with E-state index >= 15 is 0 Å². The van der Waals surface area contributed by atoms with Crippen molar-refractivity contribution < 1.29 is 9.59 Å². The van der Waals surface area contributed by atoms with E-state index < -0.39 is 5.91 Å². The van der Waals surface area contributed by atoms with Crippen LogP contribution in [0.3, 0.4) is 0 Å². The predicted octanol–water partition coefficient (Wildman–Crippen LogP) is 3.24. The summed E-state index contributed by atoms with van der Waals surface area (Å²) < 4.78 is 0. The first-order chi connectivity index (χ1) is 8.86. The Morgan fingerprint density at radius 1 is 1.11 bits per heavy atom. The molecule has 0 N–H and O–H groups in total. The van der Waals surface area contributed by atoms with Crippen molar-refractivity contribution in [2.24, 2.45) is 5.92 Å². The van der Waals surface area contributed by atoms with Crippen LogP contribution >= 0.6 is 0 Å². The van der Waals surface area contributed by atoms with Crippen molar-refractivity contribution in [1.29, 1.82) is 0 Å². The van der Waals surface area contributed by atoms with Gasteiger partial charge in [0.1, 0.15) is 0 Å². The summed E-state index contributed by atoms with van der Waals surface area (Å²) in [7, 11) is 0. The van der Waals surface area contributed by atoms with Crippen LogP contribution in [0.2, 0.25) is 0 Å². The largest absolute Gasteiger partial charge is 0.274 e. The molecule has 3 heteroatoms. The molecular formula is C16H19NO2. The van der Waals surface area contributed by atoms with E-state index in [-0.39, 0.29) is 11.8 Å². The maximum atomic E-state index is 12.2. The molecule has 0 bridgehead atoms. The summed E-state index contributed by atoms with van der Waals surface area (Å²) in [5.41, 5.74) is 1.43. The number of imide groups is 1. The molecule has 0 fully saturated rings. The Labute approximate surface area is 114 Å². The van der Waals surface area contributed by atoms with Gasteiger partial charge in [0.15, 0.2) is 0 Å². The van der Waals surface area contributed by atoms with Crippen LogP contribution in [0.4, 0.5) is 0 Å². The summed E-state index contributed by atoms with van der Waals surface area (Å²) in [6.07, 6.45) is 0. The van der Waals surface area contributed by atoms with Gasteiger partial charge < -0.3 is 0 Å². The van der Waals surface area contributed by atoms with Crippen LogP contribution in [-0.4, -0.2) is 16.7 Å². The Bertz CT molecular complexity index is 515. The third kappa shape index (κ3) is 3.41. The fourth-order valence-corrected chi connectivity index (χ4v) is 1.56. The average Bonchev–Trinajstić information content (AvgIpc) is 2.39. The lowest BCUT2D eigenvalue weighted by Gasteiger charge is -2.25. The molecule has 1 aromatic rings. The first kappa shape index (κ1) is 14.9. The van der Waals surface area contributed by atoms with Gasteiger partial charge in [-0.3, -0.25) is 9.59 Å². The van der Waals surface area contributed by atoms with Crippen LogP contribution in [0, 0.1) is 5.92 Å². The Balaban J connectivity index is 3.18. The molecule has 1 rings (SSSR count). The number of amides is 2. The molecule has 0 radical (unpaired) electrons. The highest BCUT2D eigenvalue weighted by Gasteiger charge is 2.27. The van der Waals surface area contributed by atoms with Crippen molar-refractivity contribution in [2.75, 3.05) is 0 Å². The highest BCUT2D eigenvalue weighted by molar-refractivity contribution is 6.10. The zero-order valence-corrected chi connectivity index (χ0v) is 11.6. The van der Waals surface area contributed by atoms with E-state index in [1.165, 1.54) is 0 Å². The Morgan fingerprint density at radius 3 is 2.05 bits per heavy atom. The van der Waals surface area contributed by atoms with Gasteiger partial charge in [0, 0.05) is 11.5 Å². The molecule has 0 unspecified atom stereocenters. The molecule has 0 aliphatic carbocycles. The van der Waals surface area contributed by atoms with Crippen LogP contribution in [0.1, 0.15) is 26.3 Å². The number of rotatable bonds is 4. The lowest BCUT2D eigenvalue weighted by atomic mass is 10.1. The molecular weight excluding hydrogens is 238 g/mol. The van der Waals surface area contributed by atoms with Crippen molar-refractivity contribution in [3.63, 3.8) is 0 Å². The van der Waals surface area contributed by atoms with E-state index in [1.807, 2.05) is 30.3 Å². The molecule has 2 amide bonds. The van der Waals surface area contributed by atoms with Gasteiger partial charge in [-0.2, -0.15) is 0 Å². The normalized spacial score (nSPS) is 10.1. The second-order valence-electron chi connectivity index (χ2n) is 4.73. The van der Waals surface area contributed by atoms with Crippen LogP contribution < -0.4 is 0 Å². The Hall–Kier alpha value is -2.16. The van der Waals surface area contributed by atoms with E-state index in [0.717, 1.165) is 10.5 Å². The van der Waals surface area contributed by atoms with Gasteiger partial charge >= 0.3 is 0 Å². The quantitative estimate of drug-likeness (QED) is 0.776. The summed E-state index contributed by atoms with van der Waals surface area (Å²) in [5.74, 6) is -0.974. The maximum Gasteiger partial charge on any atom is 0.260 e. The van der Waals surface area contributed by atoms with Crippen molar-refractivity contribution in [3.05, 3.63) is 54.6 Å². The van der Waals surface area contributed by atoms with Gasteiger partial charge in [0.05, 0.1) is 5.70 Å². The van der Waals surface area contributed by atoms with Gasteiger partial charge in [0.25, 0.3) is 5.91 Å². The van der Waals surface area contributed by atoms with Gasteiger partial charge in [-0.25, -0.2) is 4.90 Å². The molecule has 0 aliphatic heterocycles. The third-order valence-electron chi connectivity index (χ3n) is 2.66. The van der Waals surface area contributed by atoms with E-state index in [9.17, 15) is 9.59 Å². The standard InChI is InChI=1S/C16H19NO2/c1-11(2)15(18)17(16(19)12(3)4)13(5)14-9-7-6-8-10-14/h6-10,12H,1,5H2,2-4H3. The number of carbonyl (C=O) groups is 2. The smallest absolute Gasteiger partial charge is 0.260 e. The Kier molecular flexibility index (Phi) is 4.81. The van der Waals surface area contributed by atoms with Gasteiger partial charge in [-0.15, -0.1) is 0 Å². The van der Waals surface area contributed by atoms with Gasteiger partial charge in [-0.05, 0) is 12.5 Å². The fourth-order valence-electron chi connectivity index (χ4n) is 1.56. The molecule has 0 spiro atoms. The molecule has 0 aromatic heterocycles. The van der Waals surface area contributed by atoms with Gasteiger partial charge in [-0.1, -0.05) is 57.3 Å². The summed E-state index contributed by atoms with van der Waals surface area (Å²) in [6.45, 7) is 12.6. The van der Waals surface area contributed by atoms with Crippen LogP contribution in [0.15, 0.2) is 49.1 Å². The minimum absolute atomic E-state index is 0.276. The Morgan fingerprint density at radius 2 is 1.63 bits per heavy atom. The first-order valence-electron chi connectivity index (χ1n) is 6.14. The van der Waals surface area contributed by atoms with Crippen molar-refractivity contribution >= 4 is 17.5 Å². The monoisotopic (exact) mass is 257 g/mol. The summed E-state index contributed by atoms with van der Waals surface area (Å²) in [4.78, 5) is 25.5. The van der Waals surface area contributed by atoms with Crippen LogP contribution in [0.25, 0.3) is 5.70 Å². The summed E-state index contributed by atoms with van der Waals surface area (Å²) in [5, 5.41) is 0. The minimum atomic E-state index is -0.410. The van der Waals surface area contributed by atoms with E-state index in [4.69, 9.17) is 0 Å². The summed E-state index contributed by atoms with van der Waals surface area (Å²) >= 11 is 0. The van der Waals surface area contributed by atoms with E-state index in [0.29, 0.717) is 11.3 Å². The number of nitrogens with zero attached hydrogens (tertiary/aromatic N) is 1. The van der Waals surface area contributed by atoms with Crippen molar-refractivity contribution in [3.8, 4) is 0 Å². The molecule has 0 atom stereocenters. The van der Waals surface area contributed by atoms with E-state index in [1.54, 1.807) is 20.8 Å². The highest BCUT2D eigenvalue weighted by atomic mass is 16.2. The molecule has 0 saturated carbocycles. The highest BCUT2D eigenvalue weighted by Crippen LogP contribution is 2.21. The molecule has 1 aromatic carbocycles. The number of benzene rings is 1. The predicted molar refractivity (Wildman–Crippen MR) is 77.0 cm³/mol. The topological polar surface area (TPSA) is 37.4 Å². The first-order valence-corrected chi connectivity index (χ1v) is 6.14. The van der Waals surface area contributed by atoms with Crippen molar-refractivity contribution in [1.82, 2.24) is 4.90 Å². The van der Waals surface area contributed by atoms with Crippen LogP contribution in [0.5, 0.6) is 0 Å². The number of carbonyl (C=O) groups excluding carboxylic acids is 2. The average molecular weight is 257 g/mol. The third-order valence-corrected chi connectivity index (χ3v) is 2.66. The number of hydrogen-bond donors (Lipinski definition) is 0. The zero-order chi connectivity index (χ0) is 14.6. The molecule has 100 valence electrons. The maximum absolute atomic E-state index is 12.2. The SMILES string of the molecule is C=C(C)C(=O)N(C(=C)c1ccccc1)C(=O)C(C)C. The lowest BCUT2D eigenvalue weighted by Crippen LogP contribution is -2.38. The van der Waals surface area contributed by atoms with Gasteiger partial charge in [0.2, 0.25) is 5.91 Å². The zero-order valence-electron chi connectivity index (χ0n) is 11.6. The second-order valence-corrected chi connectivity index (χ2v) is 4.73. The summed E-state index contributed by atoms with van der Waals surface area (Å²) in [6, 6.07) is 9.17. The fraction of sp³-hybridized carbons (Fsp3) is 0.250. The molecule has 3 nitrogen and oxygen atoms in total. The lowest BCUT2D eigenvalue weighted by molar-refractivity contribution is -0.140.